The van der Waals surface area contributed by atoms with Crippen LogP contribution in [0.3, 0.4) is 0 Å². The Hall–Kier alpha value is -2.86. The zero-order valence-electron chi connectivity index (χ0n) is 14.5. The molecular weight excluding hydrogens is 348 g/mol. The summed E-state index contributed by atoms with van der Waals surface area (Å²) in [6.07, 6.45) is 1.85. The Kier molecular flexibility index (Phi) is 5.53. The van der Waals surface area contributed by atoms with Crippen LogP contribution in [0.1, 0.15) is 22.8 Å². The van der Waals surface area contributed by atoms with Gasteiger partial charge in [0.15, 0.2) is 5.17 Å². The van der Waals surface area contributed by atoms with E-state index in [9.17, 15) is 9.59 Å². The molecule has 6 heteroatoms. The van der Waals surface area contributed by atoms with E-state index in [0.29, 0.717) is 27.9 Å². The standard InChI is InChI=1S/C20H18N2O3S/c1-3-25-19(24)15-10-7-11-16(13-15)21-20-22(2)18(23)17(26-20)12-14-8-5-4-6-9-14/h4-13H,3H2,1-2H3. The summed E-state index contributed by atoms with van der Waals surface area (Å²) in [6, 6.07) is 16.5. The summed E-state index contributed by atoms with van der Waals surface area (Å²) in [6.45, 7) is 2.08. The van der Waals surface area contributed by atoms with Crippen LogP contribution in [0.4, 0.5) is 5.69 Å². The van der Waals surface area contributed by atoms with Crippen LogP contribution in [0.5, 0.6) is 0 Å². The molecule has 1 aliphatic heterocycles. The highest BCUT2D eigenvalue weighted by Crippen LogP contribution is 2.33. The zero-order chi connectivity index (χ0) is 18.5. The van der Waals surface area contributed by atoms with Crippen molar-refractivity contribution in [3.8, 4) is 0 Å². The molecule has 1 amide bonds. The third kappa shape index (κ3) is 4.03. The fourth-order valence-electron chi connectivity index (χ4n) is 2.38. The lowest BCUT2D eigenvalue weighted by atomic mass is 10.2. The Bertz CT molecular complexity index is 891. The molecule has 1 aliphatic rings. The summed E-state index contributed by atoms with van der Waals surface area (Å²) in [7, 11) is 1.69. The number of thioether (sulfide) groups is 1. The van der Waals surface area contributed by atoms with E-state index >= 15 is 0 Å². The minimum Gasteiger partial charge on any atom is -0.462 e. The van der Waals surface area contributed by atoms with E-state index in [4.69, 9.17) is 4.74 Å². The van der Waals surface area contributed by atoms with Gasteiger partial charge in [0.05, 0.1) is 22.8 Å². The minimum atomic E-state index is -0.386. The quantitative estimate of drug-likeness (QED) is 0.604. The summed E-state index contributed by atoms with van der Waals surface area (Å²) in [4.78, 5) is 30.9. The Morgan fingerprint density at radius 2 is 1.96 bits per heavy atom. The van der Waals surface area contributed by atoms with E-state index in [2.05, 4.69) is 4.99 Å². The summed E-state index contributed by atoms with van der Waals surface area (Å²) >= 11 is 1.31. The highest BCUT2D eigenvalue weighted by atomic mass is 32.2. The normalized spacial score (nSPS) is 17.2. The van der Waals surface area contributed by atoms with Gasteiger partial charge in [0.25, 0.3) is 5.91 Å². The van der Waals surface area contributed by atoms with Crippen LogP contribution < -0.4 is 0 Å². The molecular formula is C20H18N2O3S. The van der Waals surface area contributed by atoms with Crippen molar-refractivity contribution in [1.82, 2.24) is 4.90 Å². The van der Waals surface area contributed by atoms with E-state index in [1.54, 1.807) is 38.2 Å². The largest absolute Gasteiger partial charge is 0.462 e. The van der Waals surface area contributed by atoms with Gasteiger partial charge in [0.1, 0.15) is 0 Å². The minimum absolute atomic E-state index is 0.0980. The molecule has 0 saturated carbocycles. The molecule has 0 bridgehead atoms. The van der Waals surface area contributed by atoms with Crippen LogP contribution in [0.2, 0.25) is 0 Å². The maximum atomic E-state index is 12.5. The first kappa shape index (κ1) is 17.9. The predicted molar refractivity (Wildman–Crippen MR) is 104 cm³/mol. The number of amides is 1. The molecule has 0 N–H and O–H groups in total. The van der Waals surface area contributed by atoms with Gasteiger partial charge in [-0.05, 0) is 48.5 Å². The lowest BCUT2D eigenvalue weighted by Gasteiger charge is -2.07. The Balaban J connectivity index is 1.86. The Morgan fingerprint density at radius 1 is 1.19 bits per heavy atom. The fraction of sp³-hybridized carbons (Fsp3) is 0.150. The van der Waals surface area contributed by atoms with E-state index in [-0.39, 0.29) is 11.9 Å². The van der Waals surface area contributed by atoms with Gasteiger partial charge in [0.2, 0.25) is 0 Å². The van der Waals surface area contributed by atoms with Gasteiger partial charge < -0.3 is 4.74 Å². The summed E-state index contributed by atoms with van der Waals surface area (Å²) in [5.41, 5.74) is 1.99. The third-order valence-corrected chi connectivity index (χ3v) is 4.74. The number of carbonyl (C=O) groups excluding carboxylic acids is 2. The fourth-order valence-corrected chi connectivity index (χ4v) is 3.37. The van der Waals surface area contributed by atoms with Crippen molar-refractivity contribution in [1.29, 1.82) is 0 Å². The SMILES string of the molecule is CCOC(=O)c1cccc(N=C2SC(=Cc3ccccc3)C(=O)N2C)c1. The van der Waals surface area contributed by atoms with E-state index in [0.717, 1.165) is 5.56 Å². The highest BCUT2D eigenvalue weighted by molar-refractivity contribution is 8.18. The van der Waals surface area contributed by atoms with Crippen LogP contribution in [0, 0.1) is 0 Å². The number of hydrogen-bond donors (Lipinski definition) is 0. The van der Waals surface area contributed by atoms with Crippen molar-refractivity contribution in [2.75, 3.05) is 13.7 Å². The average molecular weight is 366 g/mol. The molecule has 26 heavy (non-hydrogen) atoms. The molecule has 1 saturated heterocycles. The molecule has 0 aromatic heterocycles. The van der Waals surface area contributed by atoms with Crippen LogP contribution in [-0.4, -0.2) is 35.6 Å². The second kappa shape index (κ2) is 8.01. The molecule has 0 spiro atoms. The maximum Gasteiger partial charge on any atom is 0.338 e. The number of amidine groups is 1. The molecule has 3 rings (SSSR count). The first-order valence-corrected chi connectivity index (χ1v) is 8.98. The van der Waals surface area contributed by atoms with Crippen molar-refractivity contribution < 1.29 is 14.3 Å². The van der Waals surface area contributed by atoms with E-state index < -0.39 is 0 Å². The summed E-state index contributed by atoms with van der Waals surface area (Å²) < 4.78 is 5.01. The zero-order valence-corrected chi connectivity index (χ0v) is 15.3. The first-order valence-electron chi connectivity index (χ1n) is 8.17. The molecule has 0 aliphatic carbocycles. The van der Waals surface area contributed by atoms with E-state index in [1.807, 2.05) is 36.4 Å². The van der Waals surface area contributed by atoms with Crippen molar-refractivity contribution in [2.45, 2.75) is 6.92 Å². The third-order valence-electron chi connectivity index (χ3n) is 3.68. The van der Waals surface area contributed by atoms with Gasteiger partial charge in [-0.2, -0.15) is 0 Å². The molecule has 2 aromatic rings. The molecule has 2 aromatic carbocycles. The van der Waals surface area contributed by atoms with Crippen LogP contribution in [0.15, 0.2) is 64.5 Å². The van der Waals surface area contributed by atoms with Crippen LogP contribution in [-0.2, 0) is 9.53 Å². The summed E-state index contributed by atoms with van der Waals surface area (Å²) in [5, 5.41) is 0.568. The maximum absolute atomic E-state index is 12.5. The van der Waals surface area contributed by atoms with Gasteiger partial charge >= 0.3 is 5.97 Å². The number of rotatable bonds is 4. The molecule has 132 valence electrons. The second-order valence-electron chi connectivity index (χ2n) is 5.55. The highest BCUT2D eigenvalue weighted by Gasteiger charge is 2.30. The number of esters is 1. The van der Waals surface area contributed by atoms with Crippen molar-refractivity contribution >= 4 is 40.6 Å². The van der Waals surface area contributed by atoms with Gasteiger partial charge in [0, 0.05) is 7.05 Å². The number of ether oxygens (including phenoxy) is 1. The first-order chi connectivity index (χ1) is 12.6. The smallest absolute Gasteiger partial charge is 0.338 e. The number of likely N-dealkylation sites (N-methyl/N-ethyl adjacent to an activating group) is 1. The van der Waals surface area contributed by atoms with Gasteiger partial charge in [-0.25, -0.2) is 9.79 Å². The lowest BCUT2D eigenvalue weighted by Crippen LogP contribution is -2.23. The van der Waals surface area contributed by atoms with E-state index in [1.165, 1.54) is 16.7 Å². The Morgan fingerprint density at radius 3 is 2.69 bits per heavy atom. The van der Waals surface area contributed by atoms with Gasteiger partial charge in [-0.3, -0.25) is 9.69 Å². The number of hydrogen-bond acceptors (Lipinski definition) is 5. The number of carbonyl (C=O) groups is 2. The number of aliphatic imine (C=N–C) groups is 1. The molecule has 5 nitrogen and oxygen atoms in total. The monoisotopic (exact) mass is 366 g/mol. The topological polar surface area (TPSA) is 59.0 Å². The van der Waals surface area contributed by atoms with Crippen molar-refractivity contribution in [2.24, 2.45) is 4.99 Å². The van der Waals surface area contributed by atoms with Gasteiger partial charge in [-0.1, -0.05) is 36.4 Å². The van der Waals surface area contributed by atoms with Crippen LogP contribution in [0.25, 0.3) is 6.08 Å². The van der Waals surface area contributed by atoms with Crippen molar-refractivity contribution in [3.63, 3.8) is 0 Å². The lowest BCUT2D eigenvalue weighted by molar-refractivity contribution is -0.121. The molecule has 1 fully saturated rings. The second-order valence-corrected chi connectivity index (χ2v) is 6.56. The predicted octanol–water partition coefficient (Wildman–Crippen LogP) is 4.10. The summed E-state index contributed by atoms with van der Waals surface area (Å²) in [5.74, 6) is -0.484. The average Bonchev–Trinajstić information content (AvgIpc) is 2.91. The number of nitrogens with zero attached hydrogens (tertiary/aromatic N) is 2. The number of benzene rings is 2. The molecule has 1 heterocycles. The van der Waals surface area contributed by atoms with Gasteiger partial charge in [-0.15, -0.1) is 0 Å². The Labute approximate surface area is 156 Å². The molecule has 0 unspecified atom stereocenters. The molecule has 0 radical (unpaired) electrons. The molecule has 0 atom stereocenters. The van der Waals surface area contributed by atoms with Crippen molar-refractivity contribution in [3.05, 3.63) is 70.6 Å². The van der Waals surface area contributed by atoms with Crippen LogP contribution >= 0.6 is 11.8 Å².